The molecule has 0 spiro atoms. The number of benzene rings is 2. The highest BCUT2D eigenvalue weighted by atomic mass is 19.2. The molecule has 1 aliphatic rings. The van der Waals surface area contributed by atoms with E-state index in [2.05, 4.69) is 10.6 Å². The van der Waals surface area contributed by atoms with Crippen molar-refractivity contribution in [3.8, 4) is 0 Å². The Morgan fingerprint density at radius 1 is 1.19 bits per heavy atom. The van der Waals surface area contributed by atoms with Gasteiger partial charge in [0, 0.05) is 36.1 Å². The van der Waals surface area contributed by atoms with Crippen LogP contribution in [0.25, 0.3) is 0 Å². The normalized spacial score (nSPS) is 13.8. The summed E-state index contributed by atoms with van der Waals surface area (Å²) >= 11 is 0. The standard InChI is InChI=1S/C19H19F2N3O2/c1-12-16(4-2-5-17(12)24-9-3-6-19(24)26)22-11-18(25)23-13-7-8-14(20)15(21)10-13/h2,4-5,7-8,10,22H,3,6,9,11H2,1H3,(H,23,25). The predicted octanol–water partition coefficient (Wildman–Crippen LogP) is 3.45. The van der Waals surface area contributed by atoms with Gasteiger partial charge in [0.15, 0.2) is 11.6 Å². The number of rotatable bonds is 5. The summed E-state index contributed by atoms with van der Waals surface area (Å²) in [6, 6.07) is 8.71. The first kappa shape index (κ1) is 17.8. The summed E-state index contributed by atoms with van der Waals surface area (Å²) in [6.45, 7) is 2.54. The van der Waals surface area contributed by atoms with E-state index in [4.69, 9.17) is 0 Å². The first-order valence-corrected chi connectivity index (χ1v) is 8.34. The fraction of sp³-hybridized carbons (Fsp3) is 0.263. The summed E-state index contributed by atoms with van der Waals surface area (Å²) in [5.74, 6) is -2.28. The van der Waals surface area contributed by atoms with Crippen molar-refractivity contribution in [1.82, 2.24) is 0 Å². The predicted molar refractivity (Wildman–Crippen MR) is 96.2 cm³/mol. The summed E-state index contributed by atoms with van der Waals surface area (Å²) < 4.78 is 26.1. The van der Waals surface area contributed by atoms with E-state index in [1.807, 2.05) is 25.1 Å². The van der Waals surface area contributed by atoms with Gasteiger partial charge < -0.3 is 15.5 Å². The van der Waals surface area contributed by atoms with Crippen LogP contribution in [0.5, 0.6) is 0 Å². The van der Waals surface area contributed by atoms with Crippen LogP contribution in [0.1, 0.15) is 18.4 Å². The van der Waals surface area contributed by atoms with Crippen LogP contribution in [0, 0.1) is 18.6 Å². The molecule has 7 heteroatoms. The molecule has 0 bridgehead atoms. The van der Waals surface area contributed by atoms with Gasteiger partial charge in [-0.15, -0.1) is 0 Å². The lowest BCUT2D eigenvalue weighted by Gasteiger charge is -2.20. The summed E-state index contributed by atoms with van der Waals surface area (Å²) in [5.41, 5.74) is 2.63. The monoisotopic (exact) mass is 359 g/mol. The fourth-order valence-electron chi connectivity index (χ4n) is 2.96. The van der Waals surface area contributed by atoms with Crippen molar-refractivity contribution in [2.45, 2.75) is 19.8 Å². The minimum absolute atomic E-state index is 0.0444. The minimum Gasteiger partial charge on any atom is -0.376 e. The maximum atomic E-state index is 13.2. The third-order valence-corrected chi connectivity index (χ3v) is 4.31. The number of nitrogens with one attached hydrogen (secondary N) is 2. The molecule has 1 fully saturated rings. The Kier molecular flexibility index (Phi) is 5.16. The van der Waals surface area contributed by atoms with E-state index in [9.17, 15) is 18.4 Å². The molecule has 1 saturated heterocycles. The maximum absolute atomic E-state index is 13.2. The van der Waals surface area contributed by atoms with Crippen molar-refractivity contribution in [3.63, 3.8) is 0 Å². The molecule has 0 atom stereocenters. The van der Waals surface area contributed by atoms with Crippen molar-refractivity contribution < 1.29 is 18.4 Å². The Labute approximate surface area is 150 Å². The highest BCUT2D eigenvalue weighted by Crippen LogP contribution is 2.29. The number of halogens is 2. The van der Waals surface area contributed by atoms with Gasteiger partial charge >= 0.3 is 0 Å². The molecule has 0 aliphatic carbocycles. The van der Waals surface area contributed by atoms with E-state index < -0.39 is 17.5 Å². The quantitative estimate of drug-likeness (QED) is 0.860. The number of carbonyl (C=O) groups is 2. The molecule has 0 unspecified atom stereocenters. The molecule has 0 saturated carbocycles. The zero-order valence-corrected chi connectivity index (χ0v) is 14.3. The summed E-state index contributed by atoms with van der Waals surface area (Å²) in [5, 5.41) is 5.52. The number of nitrogens with zero attached hydrogens (tertiary/aromatic N) is 1. The molecule has 0 aromatic heterocycles. The van der Waals surface area contributed by atoms with Crippen LogP contribution in [0.4, 0.5) is 25.8 Å². The summed E-state index contributed by atoms with van der Waals surface area (Å²) in [7, 11) is 0. The topological polar surface area (TPSA) is 61.4 Å². The molecule has 2 amide bonds. The Balaban J connectivity index is 1.65. The van der Waals surface area contributed by atoms with Crippen LogP contribution in [0.3, 0.4) is 0 Å². The lowest BCUT2D eigenvalue weighted by Crippen LogP contribution is -2.25. The zero-order valence-electron chi connectivity index (χ0n) is 14.3. The van der Waals surface area contributed by atoms with Crippen molar-refractivity contribution in [1.29, 1.82) is 0 Å². The van der Waals surface area contributed by atoms with Crippen LogP contribution in [-0.4, -0.2) is 24.9 Å². The van der Waals surface area contributed by atoms with E-state index in [1.54, 1.807) is 4.90 Å². The van der Waals surface area contributed by atoms with Crippen molar-refractivity contribution in [3.05, 3.63) is 53.6 Å². The second-order valence-electron chi connectivity index (χ2n) is 6.13. The number of carbonyl (C=O) groups excluding carboxylic acids is 2. The number of hydrogen-bond donors (Lipinski definition) is 2. The van der Waals surface area contributed by atoms with Gasteiger partial charge in [0.05, 0.1) is 6.54 Å². The first-order chi connectivity index (χ1) is 12.5. The molecule has 2 N–H and O–H groups in total. The largest absolute Gasteiger partial charge is 0.376 e. The molecule has 136 valence electrons. The maximum Gasteiger partial charge on any atom is 0.243 e. The van der Waals surface area contributed by atoms with Crippen molar-refractivity contribution in [2.75, 3.05) is 28.6 Å². The van der Waals surface area contributed by atoms with Crippen molar-refractivity contribution in [2.24, 2.45) is 0 Å². The molecular weight excluding hydrogens is 340 g/mol. The van der Waals surface area contributed by atoms with Gasteiger partial charge in [0.2, 0.25) is 11.8 Å². The average molecular weight is 359 g/mol. The molecule has 5 nitrogen and oxygen atoms in total. The molecule has 0 radical (unpaired) electrons. The van der Waals surface area contributed by atoms with Crippen LogP contribution in [0.2, 0.25) is 0 Å². The van der Waals surface area contributed by atoms with Crippen LogP contribution in [0.15, 0.2) is 36.4 Å². The SMILES string of the molecule is Cc1c(NCC(=O)Nc2ccc(F)c(F)c2)cccc1N1CCCC1=O. The number of anilines is 3. The summed E-state index contributed by atoms with van der Waals surface area (Å²) in [4.78, 5) is 25.7. The molecule has 1 aliphatic heterocycles. The highest BCUT2D eigenvalue weighted by molar-refractivity contribution is 5.97. The molecule has 26 heavy (non-hydrogen) atoms. The van der Waals surface area contributed by atoms with Gasteiger partial charge in [-0.25, -0.2) is 8.78 Å². The van der Waals surface area contributed by atoms with Crippen molar-refractivity contribution >= 4 is 28.9 Å². The molecular formula is C19H19F2N3O2. The molecule has 2 aromatic rings. The van der Waals surface area contributed by atoms with Gasteiger partial charge in [-0.2, -0.15) is 0 Å². The lowest BCUT2D eigenvalue weighted by atomic mass is 10.1. The van der Waals surface area contributed by atoms with Crippen LogP contribution < -0.4 is 15.5 Å². The van der Waals surface area contributed by atoms with Gasteiger partial charge in [-0.3, -0.25) is 9.59 Å². The Hall–Kier alpha value is -2.96. The fourth-order valence-corrected chi connectivity index (χ4v) is 2.96. The third-order valence-electron chi connectivity index (χ3n) is 4.31. The van der Waals surface area contributed by atoms with E-state index in [-0.39, 0.29) is 18.1 Å². The lowest BCUT2D eigenvalue weighted by molar-refractivity contribution is -0.117. The van der Waals surface area contributed by atoms with Gasteiger partial charge in [-0.1, -0.05) is 6.07 Å². The zero-order chi connectivity index (χ0) is 18.7. The Morgan fingerprint density at radius 2 is 2.00 bits per heavy atom. The van der Waals surface area contributed by atoms with Gasteiger partial charge in [0.1, 0.15) is 0 Å². The molecule has 2 aromatic carbocycles. The van der Waals surface area contributed by atoms with E-state index in [0.717, 1.165) is 35.5 Å². The van der Waals surface area contributed by atoms with Gasteiger partial charge in [0.25, 0.3) is 0 Å². The van der Waals surface area contributed by atoms with Crippen LogP contribution >= 0.6 is 0 Å². The van der Waals surface area contributed by atoms with E-state index >= 15 is 0 Å². The third kappa shape index (κ3) is 3.82. The molecule has 1 heterocycles. The van der Waals surface area contributed by atoms with E-state index in [0.29, 0.717) is 13.0 Å². The Bertz CT molecular complexity index is 855. The summed E-state index contributed by atoms with van der Waals surface area (Å²) in [6.07, 6.45) is 1.39. The molecule has 3 rings (SSSR count). The first-order valence-electron chi connectivity index (χ1n) is 8.34. The van der Waals surface area contributed by atoms with E-state index in [1.165, 1.54) is 6.07 Å². The second-order valence-corrected chi connectivity index (χ2v) is 6.13. The number of amides is 2. The number of hydrogen-bond acceptors (Lipinski definition) is 3. The van der Waals surface area contributed by atoms with Crippen LogP contribution in [-0.2, 0) is 9.59 Å². The second kappa shape index (κ2) is 7.51. The highest BCUT2D eigenvalue weighted by Gasteiger charge is 2.23. The average Bonchev–Trinajstić information content (AvgIpc) is 3.03. The smallest absolute Gasteiger partial charge is 0.243 e. The van der Waals surface area contributed by atoms with Gasteiger partial charge in [-0.05, 0) is 43.2 Å². The minimum atomic E-state index is -1.02. The Morgan fingerprint density at radius 3 is 2.69 bits per heavy atom.